The van der Waals surface area contributed by atoms with Crippen LogP contribution in [0.25, 0.3) is 0 Å². The van der Waals surface area contributed by atoms with E-state index in [1.807, 2.05) is 6.92 Å². The normalized spacial score (nSPS) is 20.8. The van der Waals surface area contributed by atoms with Crippen LogP contribution >= 0.6 is 0 Å². The van der Waals surface area contributed by atoms with Crippen LogP contribution < -0.4 is 0 Å². The standard InChI is InChI=1S/C12H19NO3/c1-3-13(9(2)12(15)16)11(14)8-10-6-4-5-7-10/h4,6,9-10H,3,5,7-8H2,1-2H3,(H,15,16). The first kappa shape index (κ1) is 12.7. The van der Waals surface area contributed by atoms with Gasteiger partial charge < -0.3 is 10.0 Å². The van der Waals surface area contributed by atoms with Gasteiger partial charge in [-0.1, -0.05) is 12.2 Å². The second kappa shape index (κ2) is 5.68. The second-order valence-corrected chi connectivity index (χ2v) is 4.16. The highest BCUT2D eigenvalue weighted by atomic mass is 16.4. The third kappa shape index (κ3) is 3.08. The average Bonchev–Trinajstić information content (AvgIpc) is 2.71. The molecule has 1 amide bonds. The summed E-state index contributed by atoms with van der Waals surface area (Å²) >= 11 is 0. The predicted octanol–water partition coefficient (Wildman–Crippen LogP) is 1.66. The largest absolute Gasteiger partial charge is 0.480 e. The van der Waals surface area contributed by atoms with Gasteiger partial charge in [0, 0.05) is 13.0 Å². The van der Waals surface area contributed by atoms with Gasteiger partial charge in [-0.2, -0.15) is 0 Å². The molecular formula is C12H19NO3. The number of amides is 1. The van der Waals surface area contributed by atoms with Crippen LogP contribution in [0.15, 0.2) is 12.2 Å². The Morgan fingerprint density at radius 1 is 1.56 bits per heavy atom. The molecule has 0 aromatic heterocycles. The molecule has 1 rings (SSSR count). The van der Waals surface area contributed by atoms with Crippen molar-refractivity contribution < 1.29 is 14.7 Å². The van der Waals surface area contributed by atoms with Gasteiger partial charge in [0.1, 0.15) is 6.04 Å². The Labute approximate surface area is 95.9 Å². The molecule has 0 aromatic rings. The molecule has 0 spiro atoms. The molecule has 0 aromatic carbocycles. The molecule has 0 aliphatic heterocycles. The Hall–Kier alpha value is -1.32. The summed E-state index contributed by atoms with van der Waals surface area (Å²) in [5.74, 6) is -0.714. The lowest BCUT2D eigenvalue weighted by molar-refractivity contribution is -0.149. The van der Waals surface area contributed by atoms with Crippen LogP contribution in [0.2, 0.25) is 0 Å². The Kier molecular flexibility index (Phi) is 4.52. The number of likely N-dealkylation sites (N-methyl/N-ethyl adjacent to an activating group) is 1. The van der Waals surface area contributed by atoms with Crippen molar-refractivity contribution in [3.05, 3.63) is 12.2 Å². The van der Waals surface area contributed by atoms with Gasteiger partial charge in [-0.05, 0) is 32.6 Å². The van der Waals surface area contributed by atoms with Gasteiger partial charge in [0.2, 0.25) is 5.91 Å². The maximum atomic E-state index is 11.9. The highest BCUT2D eigenvalue weighted by Gasteiger charge is 2.25. The van der Waals surface area contributed by atoms with Crippen LogP contribution in [0.5, 0.6) is 0 Å². The molecule has 2 unspecified atom stereocenters. The van der Waals surface area contributed by atoms with Crippen LogP contribution in [0, 0.1) is 5.92 Å². The summed E-state index contributed by atoms with van der Waals surface area (Å²) in [6.45, 7) is 3.80. The number of allylic oxidation sites excluding steroid dienone is 2. The monoisotopic (exact) mass is 225 g/mol. The van der Waals surface area contributed by atoms with Crippen LogP contribution in [-0.4, -0.2) is 34.5 Å². The maximum Gasteiger partial charge on any atom is 0.326 e. The minimum absolute atomic E-state index is 0.0612. The lowest BCUT2D eigenvalue weighted by Gasteiger charge is -2.26. The molecular weight excluding hydrogens is 206 g/mol. The van der Waals surface area contributed by atoms with Crippen molar-refractivity contribution in [2.24, 2.45) is 5.92 Å². The molecule has 1 aliphatic rings. The number of carboxylic acid groups (broad SMARTS) is 1. The van der Waals surface area contributed by atoms with Gasteiger partial charge in [0.25, 0.3) is 0 Å². The van der Waals surface area contributed by atoms with Crippen LogP contribution in [0.4, 0.5) is 0 Å². The first-order valence-corrected chi connectivity index (χ1v) is 5.75. The Bertz CT molecular complexity index is 299. The molecule has 0 saturated carbocycles. The smallest absolute Gasteiger partial charge is 0.326 e. The molecule has 16 heavy (non-hydrogen) atoms. The predicted molar refractivity (Wildman–Crippen MR) is 61.0 cm³/mol. The topological polar surface area (TPSA) is 57.6 Å². The number of hydrogen-bond donors (Lipinski definition) is 1. The number of nitrogens with zero attached hydrogens (tertiary/aromatic N) is 1. The fourth-order valence-electron chi connectivity index (χ4n) is 2.01. The summed E-state index contributed by atoms with van der Waals surface area (Å²) in [5.41, 5.74) is 0. The number of aliphatic carboxylic acids is 1. The molecule has 0 radical (unpaired) electrons. The van der Waals surface area contributed by atoms with Crippen molar-refractivity contribution in [2.75, 3.05) is 6.54 Å². The molecule has 1 N–H and O–H groups in total. The molecule has 2 atom stereocenters. The highest BCUT2D eigenvalue weighted by molar-refractivity contribution is 5.83. The number of carbonyl (C=O) groups is 2. The van der Waals surface area contributed by atoms with Gasteiger partial charge >= 0.3 is 5.97 Å². The first-order valence-electron chi connectivity index (χ1n) is 5.75. The third-order valence-corrected chi connectivity index (χ3v) is 3.04. The lowest BCUT2D eigenvalue weighted by Crippen LogP contribution is -2.43. The molecule has 90 valence electrons. The van der Waals surface area contributed by atoms with E-state index in [0.29, 0.717) is 18.9 Å². The highest BCUT2D eigenvalue weighted by Crippen LogP contribution is 2.21. The SMILES string of the molecule is CCN(C(=O)CC1C=CCC1)C(C)C(=O)O. The Morgan fingerprint density at radius 2 is 2.25 bits per heavy atom. The zero-order chi connectivity index (χ0) is 12.1. The first-order chi connectivity index (χ1) is 7.56. The summed E-state index contributed by atoms with van der Waals surface area (Å²) in [4.78, 5) is 24.2. The van der Waals surface area contributed by atoms with Crippen molar-refractivity contribution in [1.29, 1.82) is 0 Å². The van der Waals surface area contributed by atoms with Gasteiger partial charge in [-0.25, -0.2) is 4.79 Å². The van der Waals surface area contributed by atoms with E-state index in [-0.39, 0.29) is 5.91 Å². The lowest BCUT2D eigenvalue weighted by atomic mass is 10.0. The van der Waals surface area contributed by atoms with Crippen LogP contribution in [0.3, 0.4) is 0 Å². The van der Waals surface area contributed by atoms with Gasteiger partial charge in [-0.3, -0.25) is 4.79 Å². The summed E-state index contributed by atoms with van der Waals surface area (Å²) < 4.78 is 0. The van der Waals surface area contributed by atoms with E-state index in [1.165, 1.54) is 4.90 Å². The second-order valence-electron chi connectivity index (χ2n) is 4.16. The number of carbonyl (C=O) groups excluding carboxylic acids is 1. The van der Waals surface area contributed by atoms with E-state index in [2.05, 4.69) is 12.2 Å². The van der Waals surface area contributed by atoms with Crippen molar-refractivity contribution in [2.45, 2.75) is 39.2 Å². The zero-order valence-corrected chi connectivity index (χ0v) is 9.85. The van der Waals surface area contributed by atoms with E-state index in [0.717, 1.165) is 12.8 Å². The number of hydrogen-bond acceptors (Lipinski definition) is 2. The van der Waals surface area contributed by atoms with E-state index in [9.17, 15) is 9.59 Å². The molecule has 0 fully saturated rings. The minimum atomic E-state index is -0.947. The zero-order valence-electron chi connectivity index (χ0n) is 9.85. The van der Waals surface area contributed by atoms with E-state index in [4.69, 9.17) is 5.11 Å². The van der Waals surface area contributed by atoms with Gasteiger partial charge in [-0.15, -0.1) is 0 Å². The Balaban J connectivity index is 2.55. The van der Waals surface area contributed by atoms with Crippen molar-refractivity contribution in [1.82, 2.24) is 4.90 Å². The quantitative estimate of drug-likeness (QED) is 0.724. The summed E-state index contributed by atoms with van der Waals surface area (Å²) in [6.07, 6.45) is 6.59. The molecule has 0 heterocycles. The molecule has 4 nitrogen and oxygen atoms in total. The van der Waals surface area contributed by atoms with E-state index in [1.54, 1.807) is 6.92 Å². The van der Waals surface area contributed by atoms with Crippen molar-refractivity contribution in [3.8, 4) is 0 Å². The van der Waals surface area contributed by atoms with Crippen LogP contribution in [-0.2, 0) is 9.59 Å². The average molecular weight is 225 g/mol. The fourth-order valence-corrected chi connectivity index (χ4v) is 2.01. The van der Waals surface area contributed by atoms with Crippen molar-refractivity contribution >= 4 is 11.9 Å². The molecule has 0 saturated heterocycles. The maximum absolute atomic E-state index is 11.9. The van der Waals surface area contributed by atoms with E-state index < -0.39 is 12.0 Å². The molecule has 0 bridgehead atoms. The molecule has 1 aliphatic carbocycles. The number of carboxylic acids is 1. The van der Waals surface area contributed by atoms with Gasteiger partial charge in [0.15, 0.2) is 0 Å². The molecule has 4 heteroatoms. The number of rotatable bonds is 5. The summed E-state index contributed by atoms with van der Waals surface area (Å²) in [6, 6.07) is -0.733. The summed E-state index contributed by atoms with van der Waals surface area (Å²) in [5, 5.41) is 8.89. The third-order valence-electron chi connectivity index (χ3n) is 3.04. The van der Waals surface area contributed by atoms with Gasteiger partial charge in [0.05, 0.1) is 0 Å². The summed E-state index contributed by atoms with van der Waals surface area (Å²) in [7, 11) is 0. The van der Waals surface area contributed by atoms with Crippen molar-refractivity contribution in [3.63, 3.8) is 0 Å². The Morgan fingerprint density at radius 3 is 2.69 bits per heavy atom. The minimum Gasteiger partial charge on any atom is -0.480 e. The van der Waals surface area contributed by atoms with E-state index >= 15 is 0 Å². The fraction of sp³-hybridized carbons (Fsp3) is 0.667. The van der Waals surface area contributed by atoms with Crippen LogP contribution in [0.1, 0.15) is 33.1 Å².